The summed E-state index contributed by atoms with van der Waals surface area (Å²) in [7, 11) is 0. The SMILES string of the molecule is Cc1ccc(C#N)nc1C[C@H](N)c1ncccc1-n1ncc2ccccc21. The van der Waals surface area contributed by atoms with Gasteiger partial charge in [0.05, 0.1) is 29.1 Å². The molecule has 2 N–H and O–H groups in total. The van der Waals surface area contributed by atoms with Crippen LogP contribution in [0.2, 0.25) is 0 Å². The summed E-state index contributed by atoms with van der Waals surface area (Å²) in [5.74, 6) is 0. The van der Waals surface area contributed by atoms with Crippen molar-refractivity contribution in [1.82, 2.24) is 19.7 Å². The standard InChI is InChI=1S/C21H18N6/c1-14-8-9-16(12-22)26-18(14)11-17(23)21-20(7-4-10-24-21)27-19-6-3-2-5-15(19)13-25-27/h2-10,13,17H,11,23H2,1H3/t17-/m0/s1. The molecule has 3 heterocycles. The fourth-order valence-corrected chi connectivity index (χ4v) is 3.18. The molecule has 0 aliphatic heterocycles. The van der Waals surface area contributed by atoms with Crippen LogP contribution in [0.5, 0.6) is 0 Å². The Morgan fingerprint density at radius 1 is 1.15 bits per heavy atom. The maximum atomic E-state index is 9.11. The molecule has 0 spiro atoms. The van der Waals surface area contributed by atoms with Gasteiger partial charge in [0.25, 0.3) is 0 Å². The van der Waals surface area contributed by atoms with Crippen molar-refractivity contribution in [1.29, 1.82) is 5.26 Å². The van der Waals surface area contributed by atoms with Crippen LogP contribution in [0.25, 0.3) is 16.6 Å². The fourth-order valence-electron chi connectivity index (χ4n) is 3.18. The molecule has 0 bridgehead atoms. The normalized spacial score (nSPS) is 12.0. The minimum atomic E-state index is -0.371. The Morgan fingerprint density at radius 3 is 2.85 bits per heavy atom. The monoisotopic (exact) mass is 354 g/mol. The molecule has 0 fully saturated rings. The van der Waals surface area contributed by atoms with E-state index in [1.165, 1.54) is 0 Å². The minimum absolute atomic E-state index is 0.371. The first-order valence-electron chi connectivity index (χ1n) is 8.67. The van der Waals surface area contributed by atoms with Gasteiger partial charge in [-0.1, -0.05) is 24.3 Å². The minimum Gasteiger partial charge on any atom is -0.322 e. The number of rotatable bonds is 4. The number of para-hydroxylation sites is 1. The van der Waals surface area contributed by atoms with Gasteiger partial charge in [-0.25, -0.2) is 9.67 Å². The highest BCUT2D eigenvalue weighted by molar-refractivity contribution is 5.80. The van der Waals surface area contributed by atoms with Crippen LogP contribution in [0, 0.1) is 18.3 Å². The molecule has 1 aromatic carbocycles. The summed E-state index contributed by atoms with van der Waals surface area (Å²) in [6.07, 6.45) is 4.06. The van der Waals surface area contributed by atoms with Crippen LogP contribution in [0.1, 0.15) is 28.7 Å². The van der Waals surface area contributed by atoms with Crippen LogP contribution >= 0.6 is 0 Å². The first-order chi connectivity index (χ1) is 13.2. The molecule has 0 unspecified atom stereocenters. The van der Waals surface area contributed by atoms with Crippen molar-refractivity contribution in [2.75, 3.05) is 0 Å². The summed E-state index contributed by atoms with van der Waals surface area (Å²) in [6.45, 7) is 1.97. The third-order valence-corrected chi connectivity index (χ3v) is 4.60. The van der Waals surface area contributed by atoms with Crippen molar-refractivity contribution in [3.8, 4) is 11.8 Å². The molecular weight excluding hydrogens is 336 g/mol. The lowest BCUT2D eigenvalue weighted by atomic mass is 10.0. The number of aryl methyl sites for hydroxylation is 1. The molecule has 0 saturated carbocycles. The molecule has 4 rings (SSSR count). The van der Waals surface area contributed by atoms with Gasteiger partial charge in [0.1, 0.15) is 11.8 Å². The molecule has 0 radical (unpaired) electrons. The molecular formula is C21H18N6. The second-order valence-electron chi connectivity index (χ2n) is 6.41. The third kappa shape index (κ3) is 3.16. The highest BCUT2D eigenvalue weighted by Crippen LogP contribution is 2.24. The Hall–Kier alpha value is -3.56. The molecule has 27 heavy (non-hydrogen) atoms. The molecule has 4 aromatic rings. The van der Waals surface area contributed by atoms with E-state index < -0.39 is 0 Å². The predicted octanol–water partition coefficient (Wildman–Crippen LogP) is 3.24. The van der Waals surface area contributed by atoms with Crippen LogP contribution < -0.4 is 5.73 Å². The van der Waals surface area contributed by atoms with Crippen molar-refractivity contribution in [2.45, 2.75) is 19.4 Å². The summed E-state index contributed by atoms with van der Waals surface area (Å²) in [5, 5.41) is 14.7. The van der Waals surface area contributed by atoms with E-state index in [9.17, 15) is 0 Å². The second-order valence-corrected chi connectivity index (χ2v) is 6.41. The number of nitriles is 1. The summed E-state index contributed by atoms with van der Waals surface area (Å²) in [4.78, 5) is 8.94. The van der Waals surface area contributed by atoms with Crippen molar-refractivity contribution in [2.24, 2.45) is 5.73 Å². The Balaban J connectivity index is 1.74. The third-order valence-electron chi connectivity index (χ3n) is 4.60. The average Bonchev–Trinajstić information content (AvgIpc) is 3.13. The average molecular weight is 354 g/mol. The van der Waals surface area contributed by atoms with Crippen LogP contribution in [0.4, 0.5) is 0 Å². The van der Waals surface area contributed by atoms with Gasteiger partial charge in [-0.05, 0) is 36.8 Å². The molecule has 6 nitrogen and oxygen atoms in total. The number of fused-ring (bicyclic) bond motifs is 1. The van der Waals surface area contributed by atoms with Gasteiger partial charge in [-0.2, -0.15) is 10.4 Å². The van der Waals surface area contributed by atoms with Crippen LogP contribution in [-0.2, 0) is 6.42 Å². The van der Waals surface area contributed by atoms with Gasteiger partial charge >= 0.3 is 0 Å². The van der Waals surface area contributed by atoms with E-state index in [-0.39, 0.29) is 6.04 Å². The van der Waals surface area contributed by atoms with Crippen LogP contribution in [-0.4, -0.2) is 19.7 Å². The highest BCUT2D eigenvalue weighted by atomic mass is 15.3. The Morgan fingerprint density at radius 2 is 2.00 bits per heavy atom. The lowest BCUT2D eigenvalue weighted by Gasteiger charge is -2.16. The maximum Gasteiger partial charge on any atom is 0.140 e. The maximum absolute atomic E-state index is 9.11. The molecule has 0 aliphatic rings. The smallest absolute Gasteiger partial charge is 0.140 e. The summed E-state index contributed by atoms with van der Waals surface area (Å²) < 4.78 is 1.86. The summed E-state index contributed by atoms with van der Waals surface area (Å²) in [5.41, 5.74) is 11.3. The number of aromatic nitrogens is 4. The lowest BCUT2D eigenvalue weighted by molar-refractivity contribution is 0.669. The summed E-state index contributed by atoms with van der Waals surface area (Å²) in [6, 6.07) is 17.2. The van der Waals surface area contributed by atoms with E-state index in [0.29, 0.717) is 12.1 Å². The van der Waals surface area contributed by atoms with E-state index in [1.54, 1.807) is 12.3 Å². The molecule has 3 aromatic heterocycles. The zero-order chi connectivity index (χ0) is 18.8. The van der Waals surface area contributed by atoms with Gasteiger partial charge in [0, 0.05) is 23.7 Å². The van der Waals surface area contributed by atoms with Gasteiger partial charge < -0.3 is 5.73 Å². The quantitative estimate of drug-likeness (QED) is 0.607. The van der Waals surface area contributed by atoms with E-state index in [0.717, 1.165) is 33.5 Å². The largest absolute Gasteiger partial charge is 0.322 e. The first-order valence-corrected chi connectivity index (χ1v) is 8.67. The van der Waals surface area contributed by atoms with Gasteiger partial charge in [0.2, 0.25) is 0 Å². The lowest BCUT2D eigenvalue weighted by Crippen LogP contribution is -2.19. The number of benzene rings is 1. The Kier molecular flexibility index (Phi) is 4.37. The highest BCUT2D eigenvalue weighted by Gasteiger charge is 2.18. The van der Waals surface area contributed by atoms with Crippen molar-refractivity contribution in [3.63, 3.8) is 0 Å². The van der Waals surface area contributed by atoms with Gasteiger partial charge in [-0.3, -0.25) is 4.98 Å². The van der Waals surface area contributed by atoms with E-state index >= 15 is 0 Å². The van der Waals surface area contributed by atoms with Crippen molar-refractivity contribution in [3.05, 3.63) is 83.6 Å². The number of nitrogens with zero attached hydrogens (tertiary/aromatic N) is 5. The Bertz CT molecular complexity index is 1150. The van der Waals surface area contributed by atoms with Crippen LogP contribution in [0.15, 0.2) is 60.9 Å². The predicted molar refractivity (Wildman–Crippen MR) is 103 cm³/mol. The number of hydrogen-bond acceptors (Lipinski definition) is 5. The van der Waals surface area contributed by atoms with Gasteiger partial charge in [0.15, 0.2) is 0 Å². The number of pyridine rings is 2. The Labute approximate surface area is 156 Å². The molecule has 0 amide bonds. The van der Waals surface area contributed by atoms with E-state index in [4.69, 9.17) is 11.0 Å². The molecule has 132 valence electrons. The van der Waals surface area contributed by atoms with Crippen molar-refractivity contribution < 1.29 is 0 Å². The molecule has 1 atom stereocenters. The fraction of sp³-hybridized carbons (Fsp3) is 0.143. The number of nitrogens with two attached hydrogens (primary N) is 1. The van der Waals surface area contributed by atoms with Crippen LogP contribution in [0.3, 0.4) is 0 Å². The van der Waals surface area contributed by atoms with E-state index in [1.807, 2.05) is 60.3 Å². The molecule has 0 aliphatic carbocycles. The zero-order valence-corrected chi connectivity index (χ0v) is 14.9. The first kappa shape index (κ1) is 16.9. The molecule has 0 saturated heterocycles. The van der Waals surface area contributed by atoms with E-state index in [2.05, 4.69) is 21.1 Å². The molecule has 6 heteroatoms. The van der Waals surface area contributed by atoms with Gasteiger partial charge in [-0.15, -0.1) is 0 Å². The zero-order valence-electron chi connectivity index (χ0n) is 14.9. The van der Waals surface area contributed by atoms with Crippen molar-refractivity contribution >= 4 is 10.9 Å². The second kappa shape index (κ2) is 6.98. The summed E-state index contributed by atoms with van der Waals surface area (Å²) >= 11 is 0. The topological polar surface area (TPSA) is 93.4 Å². The number of hydrogen-bond donors (Lipinski definition) is 1.